The Morgan fingerprint density at radius 3 is 2.27 bits per heavy atom. The molecule has 33 heavy (non-hydrogen) atoms. The number of hydrogen-bond donors (Lipinski definition) is 1. The predicted molar refractivity (Wildman–Crippen MR) is 130 cm³/mol. The molecule has 1 N–H and O–H groups in total. The van der Waals surface area contributed by atoms with E-state index in [1.54, 1.807) is 26.4 Å². The van der Waals surface area contributed by atoms with Crippen LogP contribution in [0.2, 0.25) is 0 Å². The van der Waals surface area contributed by atoms with Crippen LogP contribution in [0.5, 0.6) is 11.5 Å². The second-order valence-corrected chi connectivity index (χ2v) is 9.35. The van der Waals surface area contributed by atoms with E-state index in [1.165, 1.54) is 36.2 Å². The number of nitrogens with zero attached hydrogens (tertiary/aromatic N) is 3. The lowest BCUT2D eigenvalue weighted by Gasteiger charge is -2.31. The van der Waals surface area contributed by atoms with Crippen LogP contribution in [0.15, 0.2) is 48.5 Å². The third-order valence-electron chi connectivity index (χ3n) is 6.08. The number of nitrogens with one attached hydrogen (secondary N) is 1. The average molecular weight is 467 g/mol. The average Bonchev–Trinajstić information content (AvgIpc) is 3.33. The number of aromatic nitrogens is 2. The minimum absolute atomic E-state index is 0.235. The molecule has 0 unspecified atom stereocenters. The highest BCUT2D eigenvalue weighted by Gasteiger charge is 2.21. The highest BCUT2D eigenvalue weighted by molar-refractivity contribution is 7.13. The van der Waals surface area contributed by atoms with Crippen molar-refractivity contribution in [2.45, 2.75) is 32.2 Å². The molecular formula is C25H30N4O3S. The first-order valence-corrected chi connectivity index (χ1v) is 12.1. The number of ether oxygens (including phenoxy) is 2. The van der Waals surface area contributed by atoms with Crippen LogP contribution < -0.4 is 14.8 Å². The molecule has 7 nitrogen and oxygen atoms in total. The third-order valence-corrected chi connectivity index (χ3v) is 6.98. The minimum atomic E-state index is -0.235. The topological polar surface area (TPSA) is 76.6 Å². The van der Waals surface area contributed by atoms with Crippen LogP contribution in [0.25, 0.3) is 0 Å². The van der Waals surface area contributed by atoms with Crippen molar-refractivity contribution in [2.75, 3.05) is 32.6 Å². The van der Waals surface area contributed by atoms with Crippen LogP contribution in [-0.4, -0.2) is 48.3 Å². The summed E-state index contributed by atoms with van der Waals surface area (Å²) in [5.41, 5.74) is 2.07. The Hall–Kier alpha value is -2.97. The summed E-state index contributed by atoms with van der Waals surface area (Å²) in [5, 5.41) is 12.5. The summed E-state index contributed by atoms with van der Waals surface area (Å²) in [7, 11) is 3.31. The molecule has 4 rings (SSSR count). The van der Waals surface area contributed by atoms with Crippen LogP contribution >= 0.6 is 11.3 Å². The Balaban J connectivity index is 1.20. The van der Waals surface area contributed by atoms with Crippen LogP contribution in [0.1, 0.15) is 39.6 Å². The lowest BCUT2D eigenvalue weighted by molar-refractivity contribution is 0.102. The highest BCUT2D eigenvalue weighted by Crippen LogP contribution is 2.25. The van der Waals surface area contributed by atoms with E-state index in [-0.39, 0.29) is 5.91 Å². The maximum Gasteiger partial charge on any atom is 0.286 e. The van der Waals surface area contributed by atoms with E-state index in [4.69, 9.17) is 9.47 Å². The monoisotopic (exact) mass is 466 g/mol. The van der Waals surface area contributed by atoms with Gasteiger partial charge in [-0.15, -0.1) is 10.2 Å². The first-order valence-electron chi connectivity index (χ1n) is 11.3. The van der Waals surface area contributed by atoms with Gasteiger partial charge in [0.15, 0.2) is 0 Å². The van der Waals surface area contributed by atoms with Crippen molar-refractivity contribution in [3.8, 4) is 11.5 Å². The number of methoxy groups -OCH3 is 2. The second kappa shape index (κ2) is 11.2. The molecule has 2 aromatic carbocycles. The van der Waals surface area contributed by atoms with Gasteiger partial charge in [0.05, 0.1) is 20.8 Å². The zero-order chi connectivity index (χ0) is 23.0. The van der Waals surface area contributed by atoms with Gasteiger partial charge in [-0.2, -0.15) is 0 Å². The molecule has 1 saturated heterocycles. The number of amides is 1. The van der Waals surface area contributed by atoms with E-state index in [0.29, 0.717) is 10.7 Å². The van der Waals surface area contributed by atoms with Crippen LogP contribution in [0.4, 0.5) is 5.69 Å². The number of hydrogen-bond acceptors (Lipinski definition) is 7. The van der Waals surface area contributed by atoms with Gasteiger partial charge in [0, 0.05) is 5.69 Å². The molecule has 174 valence electrons. The molecule has 0 atom stereocenters. The summed E-state index contributed by atoms with van der Waals surface area (Å²) < 4.78 is 10.4. The Kier molecular flexibility index (Phi) is 7.91. The lowest BCUT2D eigenvalue weighted by Crippen LogP contribution is -2.33. The number of likely N-dealkylation sites (tertiary alicyclic amines) is 1. The number of carbonyl (C=O) groups is 1. The van der Waals surface area contributed by atoms with Gasteiger partial charge in [-0.3, -0.25) is 9.69 Å². The summed E-state index contributed by atoms with van der Waals surface area (Å²) >= 11 is 1.36. The lowest BCUT2D eigenvalue weighted by atomic mass is 9.90. The van der Waals surface area contributed by atoms with Crippen molar-refractivity contribution < 1.29 is 14.3 Å². The molecule has 1 fully saturated rings. The Labute approximate surface area is 198 Å². The molecule has 1 aliphatic heterocycles. The summed E-state index contributed by atoms with van der Waals surface area (Å²) in [6, 6.07) is 15.6. The van der Waals surface area contributed by atoms with E-state index in [2.05, 4.69) is 32.5 Å². The summed E-state index contributed by atoms with van der Waals surface area (Å²) in [6.45, 7) is 2.86. The first-order chi connectivity index (χ1) is 16.1. The van der Waals surface area contributed by atoms with Crippen molar-refractivity contribution in [1.29, 1.82) is 0 Å². The molecule has 0 bridgehead atoms. The number of carbonyl (C=O) groups excluding carboxylic acids is 1. The number of piperidine rings is 1. The first kappa shape index (κ1) is 23.2. The van der Waals surface area contributed by atoms with Gasteiger partial charge >= 0.3 is 0 Å². The molecule has 3 aromatic rings. The SMILES string of the molecule is COc1ccc(CCC2CCN(Cc3nnc(C(=O)Nc4ccc(OC)cc4)s3)CC2)cc1. The number of benzene rings is 2. The zero-order valence-electron chi connectivity index (χ0n) is 19.1. The Morgan fingerprint density at radius 1 is 1.00 bits per heavy atom. The molecule has 0 spiro atoms. The fourth-order valence-corrected chi connectivity index (χ4v) is 4.83. The van der Waals surface area contributed by atoms with Gasteiger partial charge in [0.2, 0.25) is 5.01 Å². The maximum absolute atomic E-state index is 12.5. The minimum Gasteiger partial charge on any atom is -0.497 e. The van der Waals surface area contributed by atoms with Crippen molar-refractivity contribution in [1.82, 2.24) is 15.1 Å². The van der Waals surface area contributed by atoms with E-state index < -0.39 is 0 Å². The van der Waals surface area contributed by atoms with E-state index in [9.17, 15) is 4.79 Å². The van der Waals surface area contributed by atoms with Crippen molar-refractivity contribution in [3.63, 3.8) is 0 Å². The smallest absolute Gasteiger partial charge is 0.286 e. The van der Waals surface area contributed by atoms with Crippen LogP contribution in [0.3, 0.4) is 0 Å². The molecule has 0 radical (unpaired) electrons. The second-order valence-electron chi connectivity index (χ2n) is 8.29. The van der Waals surface area contributed by atoms with Gasteiger partial charge < -0.3 is 14.8 Å². The van der Waals surface area contributed by atoms with Gasteiger partial charge in [-0.25, -0.2) is 0 Å². The standard InChI is InChI=1S/C25H30N4O3S/c1-31-21-9-5-18(6-10-21)3-4-19-13-15-29(16-14-19)17-23-27-28-25(33-23)24(30)26-20-7-11-22(32-2)12-8-20/h5-12,19H,3-4,13-17H2,1-2H3,(H,26,30). The van der Waals surface area contributed by atoms with Crippen LogP contribution in [-0.2, 0) is 13.0 Å². The fourth-order valence-electron chi connectivity index (χ4n) is 4.06. The van der Waals surface area contributed by atoms with E-state index in [0.717, 1.165) is 48.5 Å². The molecule has 1 aromatic heterocycles. The van der Waals surface area contributed by atoms with Gasteiger partial charge in [-0.05, 0) is 86.7 Å². The van der Waals surface area contributed by atoms with Gasteiger partial charge in [0.25, 0.3) is 5.91 Å². The largest absolute Gasteiger partial charge is 0.497 e. The zero-order valence-corrected chi connectivity index (χ0v) is 19.9. The van der Waals surface area contributed by atoms with Crippen molar-refractivity contribution in [3.05, 3.63) is 64.1 Å². The number of rotatable bonds is 9. The van der Waals surface area contributed by atoms with Gasteiger partial charge in [-0.1, -0.05) is 23.5 Å². The molecule has 0 saturated carbocycles. The summed E-state index contributed by atoms with van der Waals surface area (Å²) in [5.74, 6) is 2.17. The van der Waals surface area contributed by atoms with Gasteiger partial charge in [0.1, 0.15) is 16.5 Å². The highest BCUT2D eigenvalue weighted by atomic mass is 32.1. The van der Waals surface area contributed by atoms with Crippen LogP contribution in [0, 0.1) is 5.92 Å². The van der Waals surface area contributed by atoms with Crippen molar-refractivity contribution in [2.24, 2.45) is 5.92 Å². The fraction of sp³-hybridized carbons (Fsp3) is 0.400. The molecule has 8 heteroatoms. The molecule has 0 aliphatic carbocycles. The molecular weight excluding hydrogens is 436 g/mol. The summed E-state index contributed by atoms with van der Waals surface area (Å²) in [6.07, 6.45) is 4.71. The Morgan fingerprint density at radius 2 is 1.64 bits per heavy atom. The number of aryl methyl sites for hydroxylation is 1. The third kappa shape index (κ3) is 6.52. The molecule has 1 aliphatic rings. The molecule has 2 heterocycles. The number of anilines is 1. The quantitative estimate of drug-likeness (QED) is 0.495. The normalized spacial score (nSPS) is 14.7. The summed E-state index contributed by atoms with van der Waals surface area (Å²) in [4.78, 5) is 14.9. The van der Waals surface area contributed by atoms with Crippen molar-refractivity contribution >= 4 is 22.9 Å². The molecule has 1 amide bonds. The van der Waals surface area contributed by atoms with E-state index in [1.807, 2.05) is 24.3 Å². The Bertz CT molecular complexity index is 1030. The van der Waals surface area contributed by atoms with E-state index >= 15 is 0 Å². The predicted octanol–water partition coefficient (Wildman–Crippen LogP) is 4.65. The maximum atomic E-state index is 12.5.